The van der Waals surface area contributed by atoms with E-state index in [0.29, 0.717) is 17.9 Å². The van der Waals surface area contributed by atoms with Crippen LogP contribution in [-0.4, -0.2) is 30.7 Å². The van der Waals surface area contributed by atoms with E-state index in [1.165, 1.54) is 21.1 Å². The number of ketones is 1. The summed E-state index contributed by atoms with van der Waals surface area (Å²) in [5.74, 6) is 0.417. The van der Waals surface area contributed by atoms with Crippen molar-refractivity contribution in [3.63, 3.8) is 0 Å². The van der Waals surface area contributed by atoms with Gasteiger partial charge in [0.25, 0.3) is 0 Å². The maximum Gasteiger partial charge on any atom is 0.201 e. The fourth-order valence-electron chi connectivity index (χ4n) is 1.50. The van der Waals surface area contributed by atoms with Crippen LogP contribution in [0.5, 0.6) is 11.5 Å². The Kier molecular flexibility index (Phi) is 4.12. The highest BCUT2D eigenvalue weighted by Gasteiger charge is 2.33. The monoisotopic (exact) mass is 238 g/mol. The van der Waals surface area contributed by atoms with E-state index in [-0.39, 0.29) is 5.56 Å². The third kappa shape index (κ3) is 2.58. The molecule has 0 heterocycles. The molecule has 0 aromatic heterocycles. The zero-order chi connectivity index (χ0) is 13.1. The molecular weight excluding hydrogens is 220 g/mol. The molecule has 17 heavy (non-hydrogen) atoms. The Balaban J connectivity index is 3.33. The normalized spacial score (nSPS) is 13.9. The summed E-state index contributed by atoms with van der Waals surface area (Å²) in [6, 6.07) is 5.07. The molecule has 1 atom stereocenters. The molecule has 0 spiro atoms. The first-order chi connectivity index (χ1) is 7.97. The van der Waals surface area contributed by atoms with Crippen molar-refractivity contribution < 1.29 is 19.4 Å². The number of carbonyl (C=O) groups is 1. The lowest BCUT2D eigenvalue weighted by Gasteiger charge is -2.22. The number of Topliss-reactive ketones (excluding diaryl/α,β-unsaturated/α-hetero) is 1. The van der Waals surface area contributed by atoms with Crippen molar-refractivity contribution in [3.8, 4) is 11.5 Å². The van der Waals surface area contributed by atoms with Crippen LogP contribution in [0.1, 0.15) is 30.6 Å². The molecule has 0 saturated carbocycles. The van der Waals surface area contributed by atoms with Crippen molar-refractivity contribution >= 4 is 5.78 Å². The third-order valence-electron chi connectivity index (χ3n) is 2.83. The van der Waals surface area contributed by atoms with Crippen LogP contribution < -0.4 is 9.47 Å². The number of rotatable bonds is 5. The summed E-state index contributed by atoms with van der Waals surface area (Å²) in [4.78, 5) is 12.2. The minimum absolute atomic E-state index is 0.282. The molecule has 0 fully saturated rings. The second-order valence-corrected chi connectivity index (χ2v) is 3.99. The van der Waals surface area contributed by atoms with E-state index >= 15 is 0 Å². The summed E-state index contributed by atoms with van der Waals surface area (Å²) in [6.45, 7) is 3.24. The van der Waals surface area contributed by atoms with Crippen LogP contribution in [0.15, 0.2) is 18.2 Å². The molecule has 4 heteroatoms. The number of aliphatic hydroxyl groups is 1. The summed E-state index contributed by atoms with van der Waals surface area (Å²) in [7, 11) is 2.96. The Morgan fingerprint density at radius 2 is 1.76 bits per heavy atom. The Bertz CT molecular complexity index is 388. The molecule has 0 bridgehead atoms. The second kappa shape index (κ2) is 5.19. The lowest BCUT2D eigenvalue weighted by molar-refractivity contribution is 0.0384. The van der Waals surface area contributed by atoms with Gasteiger partial charge in [-0.25, -0.2) is 0 Å². The standard InChI is InChI=1S/C13H18O4/c1-5-13(2,15)12(14)11-9(16-3)7-6-8-10(11)17-4/h6-8,15H,5H2,1-4H3. The van der Waals surface area contributed by atoms with Gasteiger partial charge < -0.3 is 14.6 Å². The molecule has 0 aliphatic heterocycles. The number of carbonyl (C=O) groups excluding carboxylic acids is 1. The summed E-state index contributed by atoms with van der Waals surface area (Å²) < 4.78 is 10.3. The van der Waals surface area contributed by atoms with Crippen LogP contribution in [0.4, 0.5) is 0 Å². The zero-order valence-electron chi connectivity index (χ0n) is 10.6. The molecule has 0 saturated heterocycles. The predicted octanol–water partition coefficient (Wildman–Crippen LogP) is 2.05. The number of hydrogen-bond donors (Lipinski definition) is 1. The van der Waals surface area contributed by atoms with Crippen molar-refractivity contribution in [2.24, 2.45) is 0 Å². The minimum atomic E-state index is -1.41. The predicted molar refractivity (Wildman–Crippen MR) is 64.8 cm³/mol. The summed E-state index contributed by atoms with van der Waals surface area (Å²) in [5, 5.41) is 10.0. The summed E-state index contributed by atoms with van der Waals surface area (Å²) in [5.41, 5.74) is -1.13. The van der Waals surface area contributed by atoms with E-state index in [1.807, 2.05) is 0 Å². The summed E-state index contributed by atoms with van der Waals surface area (Å²) >= 11 is 0. The first-order valence-electron chi connectivity index (χ1n) is 5.46. The third-order valence-corrected chi connectivity index (χ3v) is 2.83. The van der Waals surface area contributed by atoms with Crippen LogP contribution in [0.3, 0.4) is 0 Å². The highest BCUT2D eigenvalue weighted by molar-refractivity contribution is 6.06. The Morgan fingerprint density at radius 3 is 2.12 bits per heavy atom. The van der Waals surface area contributed by atoms with Gasteiger partial charge in [0.1, 0.15) is 22.7 Å². The number of methoxy groups -OCH3 is 2. The highest BCUT2D eigenvalue weighted by Crippen LogP contribution is 2.32. The van der Waals surface area contributed by atoms with E-state index in [2.05, 4.69) is 0 Å². The van der Waals surface area contributed by atoms with Crippen molar-refractivity contribution in [1.29, 1.82) is 0 Å². The maximum absolute atomic E-state index is 12.2. The molecule has 1 aromatic carbocycles. The first kappa shape index (κ1) is 13.5. The first-order valence-corrected chi connectivity index (χ1v) is 5.46. The molecule has 0 aliphatic carbocycles. The Morgan fingerprint density at radius 1 is 1.29 bits per heavy atom. The zero-order valence-corrected chi connectivity index (χ0v) is 10.6. The van der Waals surface area contributed by atoms with Crippen molar-refractivity contribution in [1.82, 2.24) is 0 Å². The molecule has 1 aromatic rings. The van der Waals surface area contributed by atoms with Crippen LogP contribution in [0.2, 0.25) is 0 Å². The second-order valence-electron chi connectivity index (χ2n) is 3.99. The topological polar surface area (TPSA) is 55.8 Å². The number of benzene rings is 1. The molecule has 1 rings (SSSR count). The van der Waals surface area contributed by atoms with E-state index in [0.717, 1.165) is 0 Å². The Hall–Kier alpha value is -1.55. The molecule has 1 N–H and O–H groups in total. The quantitative estimate of drug-likeness (QED) is 0.798. The smallest absolute Gasteiger partial charge is 0.201 e. The van der Waals surface area contributed by atoms with Gasteiger partial charge in [0, 0.05) is 0 Å². The Labute approximate surface area is 101 Å². The maximum atomic E-state index is 12.2. The highest BCUT2D eigenvalue weighted by atomic mass is 16.5. The average Bonchev–Trinajstić information content (AvgIpc) is 2.36. The molecule has 0 amide bonds. The van der Waals surface area contributed by atoms with Gasteiger partial charge in [0.15, 0.2) is 0 Å². The van der Waals surface area contributed by atoms with Crippen LogP contribution in [0.25, 0.3) is 0 Å². The van der Waals surface area contributed by atoms with Gasteiger partial charge in [0.2, 0.25) is 5.78 Å². The molecular formula is C13H18O4. The molecule has 1 unspecified atom stereocenters. The van der Waals surface area contributed by atoms with E-state index < -0.39 is 11.4 Å². The van der Waals surface area contributed by atoms with Gasteiger partial charge in [-0.1, -0.05) is 13.0 Å². The summed E-state index contributed by atoms with van der Waals surface area (Å²) in [6.07, 6.45) is 0.326. The number of ether oxygens (including phenoxy) is 2. The fraction of sp³-hybridized carbons (Fsp3) is 0.462. The van der Waals surface area contributed by atoms with Crippen molar-refractivity contribution in [3.05, 3.63) is 23.8 Å². The van der Waals surface area contributed by atoms with E-state index in [4.69, 9.17) is 9.47 Å². The van der Waals surface area contributed by atoms with Crippen LogP contribution in [-0.2, 0) is 0 Å². The van der Waals surface area contributed by atoms with Crippen molar-refractivity contribution in [2.75, 3.05) is 14.2 Å². The minimum Gasteiger partial charge on any atom is -0.496 e. The van der Waals surface area contributed by atoms with E-state index in [9.17, 15) is 9.90 Å². The van der Waals surface area contributed by atoms with Gasteiger partial charge in [-0.2, -0.15) is 0 Å². The number of hydrogen-bond acceptors (Lipinski definition) is 4. The average molecular weight is 238 g/mol. The molecule has 4 nitrogen and oxygen atoms in total. The lowest BCUT2D eigenvalue weighted by atomic mass is 9.91. The van der Waals surface area contributed by atoms with Crippen LogP contribution in [0, 0.1) is 0 Å². The van der Waals surface area contributed by atoms with E-state index in [1.54, 1.807) is 25.1 Å². The van der Waals surface area contributed by atoms with Gasteiger partial charge in [0.05, 0.1) is 14.2 Å². The van der Waals surface area contributed by atoms with Gasteiger partial charge in [-0.15, -0.1) is 0 Å². The fourth-order valence-corrected chi connectivity index (χ4v) is 1.50. The lowest BCUT2D eigenvalue weighted by Crippen LogP contribution is -2.34. The molecule has 0 aliphatic rings. The molecule has 0 radical (unpaired) electrons. The van der Waals surface area contributed by atoms with Crippen molar-refractivity contribution in [2.45, 2.75) is 25.9 Å². The largest absolute Gasteiger partial charge is 0.496 e. The van der Waals surface area contributed by atoms with Gasteiger partial charge >= 0.3 is 0 Å². The van der Waals surface area contributed by atoms with Gasteiger partial charge in [-0.05, 0) is 25.5 Å². The molecule has 94 valence electrons. The van der Waals surface area contributed by atoms with Gasteiger partial charge in [-0.3, -0.25) is 4.79 Å². The SMILES string of the molecule is CCC(C)(O)C(=O)c1c(OC)cccc1OC. The van der Waals surface area contributed by atoms with Crippen LogP contribution >= 0.6 is 0 Å².